The molecule has 6 nitrogen and oxygen atoms in total. The van der Waals surface area contributed by atoms with E-state index in [4.69, 9.17) is 4.74 Å². The first-order valence-corrected chi connectivity index (χ1v) is 9.11. The first-order chi connectivity index (χ1) is 12.1. The van der Waals surface area contributed by atoms with Crippen LogP contribution in [0.5, 0.6) is 0 Å². The fraction of sp³-hybridized carbons (Fsp3) is 0.333. The molecule has 0 radical (unpaired) electrons. The molecule has 0 spiro atoms. The molecule has 0 aliphatic rings. The van der Waals surface area contributed by atoms with Crippen molar-refractivity contribution in [2.24, 2.45) is 0 Å². The number of hydrogen-bond acceptors (Lipinski definition) is 4. The summed E-state index contributed by atoms with van der Waals surface area (Å²) >= 11 is 1.61. The largest absolute Gasteiger partial charge is 0.380 e. The van der Waals surface area contributed by atoms with E-state index in [1.54, 1.807) is 40.0 Å². The van der Waals surface area contributed by atoms with Crippen LogP contribution in [0.2, 0.25) is 0 Å². The van der Waals surface area contributed by atoms with Gasteiger partial charge in [0.1, 0.15) is 0 Å². The average Bonchev–Trinajstić information content (AvgIpc) is 3.21. The Morgan fingerprint density at radius 2 is 2.20 bits per heavy atom. The summed E-state index contributed by atoms with van der Waals surface area (Å²) in [5.41, 5.74) is 2.92. The zero-order chi connectivity index (χ0) is 17.8. The topological polar surface area (TPSA) is 67.3 Å². The maximum atomic E-state index is 12.6. The molecule has 3 rings (SSSR count). The molecule has 25 heavy (non-hydrogen) atoms. The highest BCUT2D eigenvalue weighted by molar-refractivity contribution is 7.07. The highest BCUT2D eigenvalue weighted by Crippen LogP contribution is 2.16. The van der Waals surface area contributed by atoms with Crippen LogP contribution in [0.1, 0.15) is 22.8 Å². The number of amides is 1. The van der Waals surface area contributed by atoms with E-state index in [0.717, 1.165) is 11.1 Å². The number of nitrogens with zero attached hydrogens (tertiary/aromatic N) is 2. The molecule has 2 aromatic heterocycles. The summed E-state index contributed by atoms with van der Waals surface area (Å²) in [6.45, 7) is 4.06. The van der Waals surface area contributed by atoms with Crippen LogP contribution < -0.4 is 5.69 Å². The van der Waals surface area contributed by atoms with Crippen LogP contribution in [-0.4, -0.2) is 40.6 Å². The molecule has 0 unspecified atom stereocenters. The van der Waals surface area contributed by atoms with Crippen LogP contribution in [0.15, 0.2) is 39.8 Å². The number of carbonyl (C=O) groups excluding carboxylic acids is 1. The van der Waals surface area contributed by atoms with E-state index in [2.05, 4.69) is 4.98 Å². The number of benzene rings is 1. The van der Waals surface area contributed by atoms with Crippen molar-refractivity contribution in [3.05, 3.63) is 56.6 Å². The summed E-state index contributed by atoms with van der Waals surface area (Å²) in [7, 11) is 1.78. The molecule has 1 N–H and O–H groups in total. The fourth-order valence-electron chi connectivity index (χ4n) is 2.77. The first kappa shape index (κ1) is 17.4. The van der Waals surface area contributed by atoms with Crippen molar-refractivity contribution < 1.29 is 9.53 Å². The minimum atomic E-state index is -0.189. The number of rotatable bonds is 7. The number of ether oxygens (including phenoxy) is 1. The lowest BCUT2D eigenvalue weighted by Gasteiger charge is -2.16. The van der Waals surface area contributed by atoms with Gasteiger partial charge in [0.2, 0.25) is 0 Å². The second kappa shape index (κ2) is 7.67. The zero-order valence-electron chi connectivity index (χ0n) is 14.3. The van der Waals surface area contributed by atoms with Gasteiger partial charge in [-0.3, -0.25) is 9.36 Å². The van der Waals surface area contributed by atoms with Gasteiger partial charge < -0.3 is 14.6 Å². The van der Waals surface area contributed by atoms with Crippen LogP contribution in [0, 0.1) is 0 Å². The Labute approximate surface area is 149 Å². The number of carbonyl (C=O) groups is 1. The van der Waals surface area contributed by atoms with E-state index in [1.807, 2.05) is 29.8 Å². The summed E-state index contributed by atoms with van der Waals surface area (Å²) in [5, 5.41) is 4.03. The molecular formula is C18H21N3O3S. The van der Waals surface area contributed by atoms with Crippen molar-refractivity contribution in [3.63, 3.8) is 0 Å². The second-order valence-corrected chi connectivity index (χ2v) is 6.58. The van der Waals surface area contributed by atoms with Gasteiger partial charge in [-0.1, -0.05) is 0 Å². The van der Waals surface area contributed by atoms with Gasteiger partial charge in [-0.15, -0.1) is 0 Å². The third-order valence-electron chi connectivity index (χ3n) is 4.03. The summed E-state index contributed by atoms with van der Waals surface area (Å²) in [6.07, 6.45) is 0. The Bertz CT molecular complexity index is 911. The fourth-order valence-corrected chi connectivity index (χ4v) is 3.43. The Morgan fingerprint density at radius 1 is 1.36 bits per heavy atom. The molecule has 0 fully saturated rings. The maximum absolute atomic E-state index is 12.6. The van der Waals surface area contributed by atoms with Crippen molar-refractivity contribution in [2.75, 3.05) is 20.3 Å². The molecule has 2 heterocycles. The zero-order valence-corrected chi connectivity index (χ0v) is 15.1. The van der Waals surface area contributed by atoms with Gasteiger partial charge >= 0.3 is 5.69 Å². The molecule has 0 aliphatic heterocycles. The molecule has 1 amide bonds. The second-order valence-electron chi connectivity index (χ2n) is 5.80. The summed E-state index contributed by atoms with van der Waals surface area (Å²) in [4.78, 5) is 29.2. The monoisotopic (exact) mass is 359 g/mol. The molecule has 3 aromatic rings. The number of nitrogens with one attached hydrogen (secondary N) is 1. The van der Waals surface area contributed by atoms with Crippen LogP contribution >= 0.6 is 11.3 Å². The van der Waals surface area contributed by atoms with Crippen LogP contribution in [-0.2, 0) is 17.8 Å². The van der Waals surface area contributed by atoms with E-state index in [1.165, 1.54) is 0 Å². The smallest absolute Gasteiger partial charge is 0.326 e. The number of fused-ring (bicyclic) bond motifs is 1. The molecule has 7 heteroatoms. The van der Waals surface area contributed by atoms with E-state index < -0.39 is 0 Å². The minimum absolute atomic E-state index is 0.0731. The van der Waals surface area contributed by atoms with Gasteiger partial charge in [0.15, 0.2) is 0 Å². The SMILES string of the molecule is CCOCCn1c(=O)[nH]c2cc(C(=O)N(C)Cc3ccsc3)ccc21. The quantitative estimate of drug-likeness (QED) is 0.660. The summed E-state index contributed by atoms with van der Waals surface area (Å²) in [5.74, 6) is -0.0731. The van der Waals surface area contributed by atoms with E-state index in [-0.39, 0.29) is 11.6 Å². The van der Waals surface area contributed by atoms with Crippen molar-refractivity contribution >= 4 is 28.3 Å². The normalized spacial score (nSPS) is 11.1. The highest BCUT2D eigenvalue weighted by Gasteiger charge is 2.15. The lowest BCUT2D eigenvalue weighted by molar-refractivity contribution is 0.0785. The predicted molar refractivity (Wildman–Crippen MR) is 99.2 cm³/mol. The summed E-state index contributed by atoms with van der Waals surface area (Å²) < 4.78 is 6.95. The van der Waals surface area contributed by atoms with Gasteiger partial charge in [-0.25, -0.2) is 4.79 Å². The van der Waals surface area contributed by atoms with Gasteiger partial charge in [0.25, 0.3) is 5.91 Å². The molecule has 0 aliphatic carbocycles. The van der Waals surface area contributed by atoms with Crippen LogP contribution in [0.25, 0.3) is 11.0 Å². The number of aromatic nitrogens is 2. The minimum Gasteiger partial charge on any atom is -0.380 e. The van der Waals surface area contributed by atoms with E-state index in [9.17, 15) is 9.59 Å². The van der Waals surface area contributed by atoms with Crippen molar-refractivity contribution in [2.45, 2.75) is 20.0 Å². The standard InChI is InChI=1S/C18H21N3O3S/c1-3-24-8-7-21-16-5-4-14(10-15(16)19-18(21)23)17(22)20(2)11-13-6-9-25-12-13/h4-6,9-10,12H,3,7-8,11H2,1-2H3,(H,19,23). The van der Waals surface area contributed by atoms with Gasteiger partial charge in [-0.05, 0) is 47.5 Å². The Morgan fingerprint density at radius 3 is 2.92 bits per heavy atom. The lowest BCUT2D eigenvalue weighted by atomic mass is 10.1. The molecular weight excluding hydrogens is 338 g/mol. The van der Waals surface area contributed by atoms with Crippen LogP contribution in [0.4, 0.5) is 0 Å². The third-order valence-corrected chi connectivity index (χ3v) is 4.76. The molecule has 0 saturated heterocycles. The van der Waals surface area contributed by atoms with Crippen molar-refractivity contribution in [1.82, 2.24) is 14.5 Å². The molecule has 132 valence electrons. The third kappa shape index (κ3) is 3.83. The first-order valence-electron chi connectivity index (χ1n) is 8.17. The average molecular weight is 359 g/mol. The molecule has 0 bridgehead atoms. The molecule has 1 aromatic carbocycles. The number of H-pyrrole nitrogens is 1. The number of imidazole rings is 1. The summed E-state index contributed by atoms with van der Waals surface area (Å²) in [6, 6.07) is 7.32. The Balaban J connectivity index is 1.81. The van der Waals surface area contributed by atoms with Gasteiger partial charge in [-0.2, -0.15) is 11.3 Å². The Kier molecular flexibility index (Phi) is 5.35. The van der Waals surface area contributed by atoms with Gasteiger partial charge in [0, 0.05) is 25.8 Å². The predicted octanol–water partition coefficient (Wildman–Crippen LogP) is 2.70. The van der Waals surface area contributed by atoms with E-state index in [0.29, 0.717) is 37.4 Å². The van der Waals surface area contributed by atoms with Crippen molar-refractivity contribution in [1.29, 1.82) is 0 Å². The number of hydrogen-bond donors (Lipinski definition) is 1. The maximum Gasteiger partial charge on any atom is 0.326 e. The Hall–Kier alpha value is -2.38. The molecule has 0 atom stereocenters. The van der Waals surface area contributed by atoms with Crippen molar-refractivity contribution in [3.8, 4) is 0 Å². The number of thiophene rings is 1. The highest BCUT2D eigenvalue weighted by atomic mass is 32.1. The lowest BCUT2D eigenvalue weighted by Crippen LogP contribution is -2.25. The molecule has 0 saturated carbocycles. The van der Waals surface area contributed by atoms with Gasteiger partial charge in [0.05, 0.1) is 24.2 Å². The van der Waals surface area contributed by atoms with Crippen LogP contribution in [0.3, 0.4) is 0 Å². The van der Waals surface area contributed by atoms with E-state index >= 15 is 0 Å². The number of aromatic amines is 1.